The number of hydrogen-bond acceptors (Lipinski definition) is 4. The highest BCUT2D eigenvalue weighted by atomic mass is 16.5. The van der Waals surface area contributed by atoms with Gasteiger partial charge in [-0.1, -0.05) is 6.07 Å². The van der Waals surface area contributed by atoms with Gasteiger partial charge in [0.25, 0.3) is 0 Å². The monoisotopic (exact) mass is 264 g/mol. The average molecular weight is 264 g/mol. The molecule has 0 saturated carbocycles. The van der Waals surface area contributed by atoms with E-state index in [9.17, 15) is 14.7 Å². The fourth-order valence-electron chi connectivity index (χ4n) is 2.02. The first-order valence-electron chi connectivity index (χ1n) is 5.97. The largest absolute Gasteiger partial charge is 0.391 e. The zero-order valence-electron chi connectivity index (χ0n) is 10.6. The highest BCUT2D eigenvalue weighted by molar-refractivity contribution is 5.97. The fraction of sp³-hybridized carbons (Fsp3) is 0.385. The Balaban J connectivity index is 2.11. The van der Waals surface area contributed by atoms with Crippen LogP contribution in [0.5, 0.6) is 0 Å². The Kier molecular flexibility index (Phi) is 4.13. The lowest BCUT2D eigenvalue weighted by molar-refractivity contribution is -0.119. The predicted molar refractivity (Wildman–Crippen MR) is 69.9 cm³/mol. The molecule has 1 saturated heterocycles. The van der Waals surface area contributed by atoms with Crippen LogP contribution in [0.1, 0.15) is 6.42 Å². The van der Waals surface area contributed by atoms with E-state index in [0.29, 0.717) is 11.4 Å². The number of aliphatic hydroxyl groups is 1. The number of hydrogen-bond donors (Lipinski definition) is 2. The van der Waals surface area contributed by atoms with Gasteiger partial charge in [0.2, 0.25) is 11.8 Å². The third-order valence-corrected chi connectivity index (χ3v) is 2.82. The minimum Gasteiger partial charge on any atom is -0.391 e. The molecular weight excluding hydrogens is 248 g/mol. The van der Waals surface area contributed by atoms with Crippen LogP contribution in [0.3, 0.4) is 0 Å². The molecule has 102 valence electrons. The summed E-state index contributed by atoms with van der Waals surface area (Å²) in [6.45, 7) is 0.264. The van der Waals surface area contributed by atoms with Crippen LogP contribution >= 0.6 is 0 Å². The van der Waals surface area contributed by atoms with E-state index in [2.05, 4.69) is 5.32 Å². The summed E-state index contributed by atoms with van der Waals surface area (Å²) in [5.41, 5.74) is 1.26. The molecule has 1 aliphatic heterocycles. The number of nitrogens with zero attached hydrogens (tertiary/aromatic N) is 1. The van der Waals surface area contributed by atoms with Crippen molar-refractivity contribution in [3.05, 3.63) is 24.3 Å². The summed E-state index contributed by atoms with van der Waals surface area (Å²) >= 11 is 0. The summed E-state index contributed by atoms with van der Waals surface area (Å²) < 4.78 is 4.73. The molecule has 2 rings (SSSR count). The molecule has 1 atom stereocenters. The summed E-state index contributed by atoms with van der Waals surface area (Å²) in [7, 11) is 1.44. The third kappa shape index (κ3) is 3.30. The summed E-state index contributed by atoms with van der Waals surface area (Å²) in [5.74, 6) is -0.375. The molecule has 0 spiro atoms. The first kappa shape index (κ1) is 13.5. The molecule has 0 radical (unpaired) electrons. The molecule has 0 aromatic heterocycles. The lowest BCUT2D eigenvalue weighted by Crippen LogP contribution is -2.25. The molecule has 1 fully saturated rings. The van der Waals surface area contributed by atoms with Crippen LogP contribution < -0.4 is 10.2 Å². The number of amides is 2. The summed E-state index contributed by atoms with van der Waals surface area (Å²) in [6.07, 6.45) is -0.487. The highest BCUT2D eigenvalue weighted by Gasteiger charge is 2.29. The molecule has 6 nitrogen and oxygen atoms in total. The molecule has 1 heterocycles. The second-order valence-corrected chi connectivity index (χ2v) is 4.39. The van der Waals surface area contributed by atoms with Gasteiger partial charge in [-0.15, -0.1) is 0 Å². The van der Waals surface area contributed by atoms with Crippen molar-refractivity contribution in [2.45, 2.75) is 12.5 Å². The van der Waals surface area contributed by atoms with Gasteiger partial charge in [0, 0.05) is 18.5 Å². The lowest BCUT2D eigenvalue weighted by Gasteiger charge is -2.17. The van der Waals surface area contributed by atoms with Gasteiger partial charge in [-0.3, -0.25) is 9.59 Å². The van der Waals surface area contributed by atoms with Gasteiger partial charge in [0.15, 0.2) is 0 Å². The Morgan fingerprint density at radius 3 is 3.00 bits per heavy atom. The van der Waals surface area contributed by atoms with Gasteiger partial charge in [0.1, 0.15) is 6.61 Å². The molecule has 1 aromatic rings. The quantitative estimate of drug-likeness (QED) is 0.823. The molecule has 19 heavy (non-hydrogen) atoms. The lowest BCUT2D eigenvalue weighted by atomic mass is 10.2. The topological polar surface area (TPSA) is 78.9 Å². The third-order valence-electron chi connectivity index (χ3n) is 2.82. The smallest absolute Gasteiger partial charge is 0.250 e. The second kappa shape index (κ2) is 5.81. The van der Waals surface area contributed by atoms with E-state index in [1.54, 1.807) is 24.3 Å². The van der Waals surface area contributed by atoms with Crippen LogP contribution in [0, 0.1) is 0 Å². The number of aliphatic hydroxyl groups excluding tert-OH is 1. The number of carbonyl (C=O) groups excluding carboxylic acids is 2. The molecule has 6 heteroatoms. The maximum absolute atomic E-state index is 11.7. The number of anilines is 2. The fourth-order valence-corrected chi connectivity index (χ4v) is 2.02. The van der Waals surface area contributed by atoms with E-state index in [0.717, 1.165) is 0 Å². The number of rotatable bonds is 4. The van der Waals surface area contributed by atoms with E-state index in [4.69, 9.17) is 4.74 Å². The molecule has 2 amide bonds. The van der Waals surface area contributed by atoms with Crippen molar-refractivity contribution in [3.8, 4) is 0 Å². The summed E-state index contributed by atoms with van der Waals surface area (Å²) in [5, 5.41) is 12.1. The Morgan fingerprint density at radius 2 is 2.37 bits per heavy atom. The number of β-amino-alcohol motifs (C(OH)–C–C–N with tert-alkyl or cyclic N) is 1. The van der Waals surface area contributed by atoms with Gasteiger partial charge in [0.05, 0.1) is 19.1 Å². The minimum atomic E-state index is -0.626. The number of ether oxygens (including phenoxy) is 1. The normalized spacial score (nSPS) is 18.7. The van der Waals surface area contributed by atoms with Crippen molar-refractivity contribution in [3.63, 3.8) is 0 Å². The summed E-state index contributed by atoms with van der Waals surface area (Å²) in [6, 6.07) is 6.94. The number of methoxy groups -OCH3 is 1. The van der Waals surface area contributed by atoms with Gasteiger partial charge in [-0.2, -0.15) is 0 Å². The van der Waals surface area contributed by atoms with E-state index in [1.807, 2.05) is 0 Å². The van der Waals surface area contributed by atoms with Gasteiger partial charge in [-0.25, -0.2) is 0 Å². The maximum Gasteiger partial charge on any atom is 0.250 e. The average Bonchev–Trinajstić information content (AvgIpc) is 2.69. The van der Waals surface area contributed by atoms with E-state index < -0.39 is 6.10 Å². The first-order chi connectivity index (χ1) is 9.10. The van der Waals surface area contributed by atoms with Gasteiger partial charge in [-0.05, 0) is 18.2 Å². The Hall–Kier alpha value is -1.92. The highest BCUT2D eigenvalue weighted by Crippen LogP contribution is 2.24. The SMILES string of the molecule is COCC(=O)Nc1cccc(N2CC(O)CC2=O)c1. The zero-order chi connectivity index (χ0) is 13.8. The molecule has 1 unspecified atom stereocenters. The summed E-state index contributed by atoms with van der Waals surface area (Å²) in [4.78, 5) is 24.6. The number of benzene rings is 1. The van der Waals surface area contributed by atoms with Crippen LogP contribution in [0.2, 0.25) is 0 Å². The van der Waals surface area contributed by atoms with Crippen LogP contribution in [0.15, 0.2) is 24.3 Å². The number of nitrogens with one attached hydrogen (secondary N) is 1. The van der Waals surface area contributed by atoms with E-state index in [-0.39, 0.29) is 31.4 Å². The van der Waals surface area contributed by atoms with E-state index in [1.165, 1.54) is 12.0 Å². The van der Waals surface area contributed by atoms with Crippen LogP contribution in [-0.2, 0) is 14.3 Å². The van der Waals surface area contributed by atoms with Crippen molar-refractivity contribution >= 4 is 23.2 Å². The van der Waals surface area contributed by atoms with Gasteiger partial charge < -0.3 is 20.1 Å². The zero-order valence-corrected chi connectivity index (χ0v) is 10.6. The molecule has 0 bridgehead atoms. The Morgan fingerprint density at radius 1 is 1.58 bits per heavy atom. The maximum atomic E-state index is 11.7. The van der Waals surface area contributed by atoms with Gasteiger partial charge >= 0.3 is 0 Å². The van der Waals surface area contributed by atoms with Crippen LogP contribution in [-0.4, -0.2) is 43.3 Å². The van der Waals surface area contributed by atoms with Crippen LogP contribution in [0.25, 0.3) is 0 Å². The van der Waals surface area contributed by atoms with Crippen molar-refractivity contribution < 1.29 is 19.4 Å². The van der Waals surface area contributed by atoms with Crippen molar-refractivity contribution in [1.82, 2.24) is 0 Å². The van der Waals surface area contributed by atoms with Crippen molar-refractivity contribution in [2.24, 2.45) is 0 Å². The Bertz CT molecular complexity index is 489. The molecule has 2 N–H and O–H groups in total. The molecule has 1 aromatic carbocycles. The van der Waals surface area contributed by atoms with Crippen LogP contribution in [0.4, 0.5) is 11.4 Å². The Labute approximate surface area is 111 Å². The molecule has 1 aliphatic rings. The van der Waals surface area contributed by atoms with Crippen molar-refractivity contribution in [2.75, 3.05) is 30.5 Å². The predicted octanol–water partition coefficient (Wildman–Crippen LogP) is 0.369. The van der Waals surface area contributed by atoms with Crippen molar-refractivity contribution in [1.29, 1.82) is 0 Å². The first-order valence-corrected chi connectivity index (χ1v) is 5.97. The second-order valence-electron chi connectivity index (χ2n) is 4.39. The number of carbonyl (C=O) groups is 2. The standard InChI is InChI=1S/C13H16N2O4/c1-19-8-12(17)14-9-3-2-4-10(5-9)15-7-11(16)6-13(15)18/h2-5,11,16H,6-8H2,1H3,(H,14,17). The van der Waals surface area contributed by atoms with E-state index >= 15 is 0 Å². The molecular formula is C13H16N2O4. The minimum absolute atomic E-state index is 0.0222. The molecule has 0 aliphatic carbocycles.